The van der Waals surface area contributed by atoms with Crippen molar-refractivity contribution in [3.8, 4) is 5.75 Å². The third kappa shape index (κ3) is 1.41. The van der Waals surface area contributed by atoms with Crippen LogP contribution in [-0.2, 0) is 7.05 Å². The van der Waals surface area contributed by atoms with Gasteiger partial charge in [0, 0.05) is 25.5 Å². The summed E-state index contributed by atoms with van der Waals surface area (Å²) in [7, 11) is 2.02. The molecule has 15 heavy (non-hydrogen) atoms. The van der Waals surface area contributed by atoms with Crippen LogP contribution in [0.15, 0.2) is 22.2 Å². The van der Waals surface area contributed by atoms with Crippen molar-refractivity contribution in [2.45, 2.75) is 5.92 Å². The lowest BCUT2D eigenvalue weighted by atomic mass is 10.1. The molecule has 2 aromatic heterocycles. The lowest BCUT2D eigenvalue weighted by molar-refractivity contribution is 0.338. The molecule has 5 heteroatoms. The zero-order valence-corrected chi connectivity index (χ0v) is 10.5. The van der Waals surface area contributed by atoms with Gasteiger partial charge in [-0.15, -0.1) is 11.3 Å². The third-order valence-corrected chi connectivity index (χ3v) is 4.32. The molecule has 3 rings (SSSR count). The minimum atomic E-state index is 0.288. The van der Waals surface area contributed by atoms with Gasteiger partial charge in [0.2, 0.25) is 0 Å². The van der Waals surface area contributed by atoms with E-state index in [0.29, 0.717) is 6.61 Å². The summed E-state index contributed by atoms with van der Waals surface area (Å²) in [4.78, 5) is 5.65. The maximum atomic E-state index is 5.64. The highest BCUT2D eigenvalue weighted by Crippen LogP contribution is 2.44. The van der Waals surface area contributed by atoms with Gasteiger partial charge in [-0.2, -0.15) is 0 Å². The van der Waals surface area contributed by atoms with Crippen molar-refractivity contribution in [1.29, 1.82) is 0 Å². The van der Waals surface area contributed by atoms with Gasteiger partial charge in [-0.1, -0.05) is 0 Å². The number of rotatable bonds is 1. The first-order chi connectivity index (χ1) is 7.25. The van der Waals surface area contributed by atoms with Crippen molar-refractivity contribution in [3.05, 3.63) is 32.9 Å². The van der Waals surface area contributed by atoms with Gasteiger partial charge in [-0.25, -0.2) is 4.98 Å². The molecule has 3 heterocycles. The lowest BCUT2D eigenvalue weighted by Crippen LogP contribution is -2.08. The molecule has 0 saturated heterocycles. The molecule has 0 aromatic carbocycles. The topological polar surface area (TPSA) is 27.1 Å². The van der Waals surface area contributed by atoms with Crippen molar-refractivity contribution in [2.75, 3.05) is 6.61 Å². The predicted octanol–water partition coefficient (Wildman–Crippen LogP) is 2.77. The van der Waals surface area contributed by atoms with Crippen LogP contribution in [0.25, 0.3) is 0 Å². The Morgan fingerprint density at radius 2 is 2.53 bits per heavy atom. The van der Waals surface area contributed by atoms with Crippen LogP contribution in [-0.4, -0.2) is 16.2 Å². The molecule has 2 aromatic rings. The first-order valence-corrected chi connectivity index (χ1v) is 6.26. The molecule has 0 radical (unpaired) electrons. The van der Waals surface area contributed by atoms with Gasteiger partial charge in [-0.3, -0.25) is 0 Å². The van der Waals surface area contributed by atoms with Crippen molar-refractivity contribution < 1.29 is 4.74 Å². The van der Waals surface area contributed by atoms with E-state index < -0.39 is 0 Å². The molecule has 3 nitrogen and oxygen atoms in total. The van der Waals surface area contributed by atoms with Crippen LogP contribution >= 0.6 is 27.3 Å². The monoisotopic (exact) mass is 284 g/mol. The fraction of sp³-hybridized carbons (Fsp3) is 0.300. The number of fused-ring (bicyclic) bond motifs is 1. The largest absolute Gasteiger partial charge is 0.491 e. The second kappa shape index (κ2) is 3.35. The van der Waals surface area contributed by atoms with Gasteiger partial charge in [0.05, 0.1) is 14.6 Å². The number of ether oxygens (including phenoxy) is 1. The molecule has 0 amide bonds. The maximum Gasteiger partial charge on any atom is 0.135 e. The number of aryl methyl sites for hydroxylation is 1. The number of imidazole rings is 1. The van der Waals surface area contributed by atoms with Gasteiger partial charge in [0.15, 0.2) is 0 Å². The van der Waals surface area contributed by atoms with E-state index in [0.717, 1.165) is 15.4 Å². The fourth-order valence-corrected chi connectivity index (χ4v) is 3.51. The summed E-state index contributed by atoms with van der Waals surface area (Å²) < 4.78 is 8.81. The van der Waals surface area contributed by atoms with E-state index in [1.54, 1.807) is 11.3 Å². The van der Waals surface area contributed by atoms with Crippen molar-refractivity contribution in [2.24, 2.45) is 7.05 Å². The highest BCUT2D eigenvalue weighted by Gasteiger charge is 2.30. The Balaban J connectivity index is 2.07. The standard InChI is InChI=1S/C10H9BrN2OS/c1-13-3-2-12-10(13)6-5-14-7-4-8(11)15-9(6)7/h2-4,6H,5H2,1H3. The van der Waals surface area contributed by atoms with Crippen molar-refractivity contribution in [3.63, 3.8) is 0 Å². The quantitative estimate of drug-likeness (QED) is 0.805. The molecule has 1 atom stereocenters. The van der Waals surface area contributed by atoms with Crippen molar-refractivity contribution in [1.82, 2.24) is 9.55 Å². The maximum absolute atomic E-state index is 5.64. The molecule has 0 spiro atoms. The summed E-state index contributed by atoms with van der Waals surface area (Å²) in [6.07, 6.45) is 3.80. The average molecular weight is 285 g/mol. The number of nitrogens with zero attached hydrogens (tertiary/aromatic N) is 2. The normalized spacial score (nSPS) is 18.9. The molecule has 1 unspecified atom stereocenters. The summed E-state index contributed by atoms with van der Waals surface area (Å²) in [5.74, 6) is 2.36. The summed E-state index contributed by atoms with van der Waals surface area (Å²) in [6.45, 7) is 0.708. The molecular formula is C10H9BrN2OS. The summed E-state index contributed by atoms with van der Waals surface area (Å²) >= 11 is 5.21. The van der Waals surface area contributed by atoms with Crippen LogP contribution < -0.4 is 4.74 Å². The number of aromatic nitrogens is 2. The van der Waals surface area contributed by atoms with E-state index in [9.17, 15) is 0 Å². The molecule has 0 aliphatic carbocycles. The average Bonchev–Trinajstić information content (AvgIpc) is 2.81. The molecular weight excluding hydrogens is 276 g/mol. The minimum Gasteiger partial charge on any atom is -0.491 e. The Bertz CT molecular complexity index is 505. The number of halogens is 1. The van der Waals surface area contributed by atoms with Crippen LogP contribution in [0.4, 0.5) is 0 Å². The Hall–Kier alpha value is -0.810. The Morgan fingerprint density at radius 1 is 1.67 bits per heavy atom. The van der Waals surface area contributed by atoms with Crippen molar-refractivity contribution >= 4 is 27.3 Å². The Kier molecular flexibility index (Phi) is 2.10. The summed E-state index contributed by atoms with van der Waals surface area (Å²) in [6, 6.07) is 2.03. The number of hydrogen-bond donors (Lipinski definition) is 0. The molecule has 0 bridgehead atoms. The van der Waals surface area contributed by atoms with Gasteiger partial charge in [0.25, 0.3) is 0 Å². The fourth-order valence-electron chi connectivity index (χ4n) is 1.87. The van der Waals surface area contributed by atoms with Gasteiger partial charge >= 0.3 is 0 Å². The highest BCUT2D eigenvalue weighted by atomic mass is 79.9. The van der Waals surface area contributed by atoms with E-state index in [1.165, 1.54) is 4.88 Å². The van der Waals surface area contributed by atoms with Crippen LogP contribution in [0, 0.1) is 0 Å². The molecule has 1 aliphatic heterocycles. The van der Waals surface area contributed by atoms with E-state index >= 15 is 0 Å². The SMILES string of the molecule is Cn1ccnc1C1COc2cc(Br)sc21. The second-order valence-electron chi connectivity index (χ2n) is 3.54. The van der Waals surface area contributed by atoms with Crippen LogP contribution in [0.3, 0.4) is 0 Å². The van der Waals surface area contributed by atoms with Crippen LogP contribution in [0.5, 0.6) is 5.75 Å². The highest BCUT2D eigenvalue weighted by molar-refractivity contribution is 9.11. The molecule has 78 valence electrons. The van der Waals surface area contributed by atoms with Crippen LogP contribution in [0.2, 0.25) is 0 Å². The van der Waals surface area contributed by atoms with Gasteiger partial charge < -0.3 is 9.30 Å². The van der Waals surface area contributed by atoms with E-state index in [-0.39, 0.29) is 5.92 Å². The first-order valence-electron chi connectivity index (χ1n) is 4.65. The van der Waals surface area contributed by atoms with E-state index in [2.05, 4.69) is 25.5 Å². The summed E-state index contributed by atoms with van der Waals surface area (Å²) in [5, 5.41) is 0. The second-order valence-corrected chi connectivity index (χ2v) is 6.00. The van der Waals surface area contributed by atoms with Gasteiger partial charge in [0.1, 0.15) is 18.2 Å². The zero-order chi connectivity index (χ0) is 10.4. The van der Waals surface area contributed by atoms with Crippen LogP contribution in [0.1, 0.15) is 16.6 Å². The van der Waals surface area contributed by atoms with E-state index in [1.807, 2.05) is 25.5 Å². The van der Waals surface area contributed by atoms with E-state index in [4.69, 9.17) is 4.74 Å². The third-order valence-electron chi connectivity index (χ3n) is 2.59. The van der Waals surface area contributed by atoms with Gasteiger partial charge in [-0.05, 0) is 15.9 Å². The number of thiophene rings is 1. The Labute approximate surface area is 99.8 Å². The molecule has 1 aliphatic rings. The zero-order valence-electron chi connectivity index (χ0n) is 8.11. The smallest absolute Gasteiger partial charge is 0.135 e. The predicted molar refractivity (Wildman–Crippen MR) is 62.6 cm³/mol. The molecule has 0 N–H and O–H groups in total. The number of hydrogen-bond acceptors (Lipinski definition) is 3. The minimum absolute atomic E-state index is 0.288. The Morgan fingerprint density at radius 3 is 3.27 bits per heavy atom. The summed E-state index contributed by atoms with van der Waals surface area (Å²) in [5.41, 5.74) is 0. The lowest BCUT2D eigenvalue weighted by Gasteiger charge is -2.07. The molecule has 0 saturated carbocycles. The first kappa shape index (κ1) is 9.42. The molecule has 0 fully saturated rings.